The zero-order valence-electron chi connectivity index (χ0n) is 17.7. The van der Waals surface area contributed by atoms with Gasteiger partial charge in [0.15, 0.2) is 0 Å². The first-order valence-corrected chi connectivity index (χ1v) is 11.1. The van der Waals surface area contributed by atoms with Crippen LogP contribution in [0.3, 0.4) is 0 Å². The van der Waals surface area contributed by atoms with E-state index in [1.807, 2.05) is 48.5 Å². The minimum absolute atomic E-state index is 0.132. The number of benzene rings is 3. The second-order valence-electron chi connectivity index (χ2n) is 6.98. The molecule has 0 aliphatic heterocycles. The van der Waals surface area contributed by atoms with Crippen LogP contribution in [0.15, 0.2) is 77.9 Å². The highest BCUT2D eigenvalue weighted by Crippen LogP contribution is 2.16. The summed E-state index contributed by atoms with van der Waals surface area (Å²) in [4.78, 5) is 11.9. The van der Waals surface area contributed by atoms with Gasteiger partial charge in [-0.2, -0.15) is 5.10 Å². The number of hydrogen-bond donors (Lipinski definition) is 1. The van der Waals surface area contributed by atoms with Gasteiger partial charge in [0.2, 0.25) is 5.91 Å². The van der Waals surface area contributed by atoms with Gasteiger partial charge in [-0.15, -0.1) is 11.8 Å². The summed E-state index contributed by atoms with van der Waals surface area (Å²) in [5.74, 6) is 2.58. The van der Waals surface area contributed by atoms with Crippen LogP contribution in [0.1, 0.15) is 22.3 Å². The number of nitrogens with one attached hydrogen (secondary N) is 1. The van der Waals surface area contributed by atoms with Gasteiger partial charge in [-0.25, -0.2) is 5.43 Å². The van der Waals surface area contributed by atoms with Crippen molar-refractivity contribution in [1.29, 1.82) is 0 Å². The largest absolute Gasteiger partial charge is 0.497 e. The minimum atomic E-state index is -0.132. The van der Waals surface area contributed by atoms with E-state index in [0.29, 0.717) is 12.4 Å². The van der Waals surface area contributed by atoms with E-state index in [9.17, 15) is 4.79 Å². The Labute approximate surface area is 187 Å². The maximum atomic E-state index is 11.9. The summed E-state index contributed by atoms with van der Waals surface area (Å²) in [5.41, 5.74) is 6.95. The fraction of sp³-hybridized carbons (Fsp3) is 0.200. The lowest BCUT2D eigenvalue weighted by Crippen LogP contribution is -2.19. The molecule has 1 amide bonds. The van der Waals surface area contributed by atoms with Gasteiger partial charge >= 0.3 is 0 Å². The Balaban J connectivity index is 1.36. The summed E-state index contributed by atoms with van der Waals surface area (Å²) in [7, 11) is 1.64. The molecule has 0 bridgehead atoms. The second-order valence-corrected chi connectivity index (χ2v) is 7.96. The fourth-order valence-corrected chi connectivity index (χ4v) is 3.48. The standard InChI is InChI=1S/C25H26N2O3S/c1-19-3-5-21(6-4-19)16-30-24-13-7-20(8-14-24)15-26-27-25(28)18-31-17-22-9-11-23(29-2)12-10-22/h3-15H,16-18H2,1-2H3,(H,27,28)/b26-15-. The van der Waals surface area contributed by atoms with Crippen molar-refractivity contribution in [2.24, 2.45) is 5.10 Å². The van der Waals surface area contributed by atoms with Gasteiger partial charge in [0.05, 0.1) is 19.1 Å². The number of ether oxygens (including phenoxy) is 2. The molecular weight excluding hydrogens is 408 g/mol. The molecule has 160 valence electrons. The van der Waals surface area contributed by atoms with Crippen molar-refractivity contribution >= 4 is 23.9 Å². The van der Waals surface area contributed by atoms with Gasteiger partial charge in [0.1, 0.15) is 18.1 Å². The number of amides is 1. The van der Waals surface area contributed by atoms with Crippen LogP contribution in [0.5, 0.6) is 11.5 Å². The number of methoxy groups -OCH3 is 1. The van der Waals surface area contributed by atoms with Crippen molar-refractivity contribution in [1.82, 2.24) is 5.43 Å². The van der Waals surface area contributed by atoms with Crippen molar-refractivity contribution in [3.05, 3.63) is 95.1 Å². The van der Waals surface area contributed by atoms with E-state index in [4.69, 9.17) is 9.47 Å². The summed E-state index contributed by atoms with van der Waals surface area (Å²) in [6.45, 7) is 2.59. The number of thioether (sulfide) groups is 1. The predicted octanol–water partition coefficient (Wildman–Crippen LogP) is 4.97. The molecular formula is C25H26N2O3S. The molecule has 0 aromatic heterocycles. The van der Waals surface area contributed by atoms with Crippen LogP contribution in [0, 0.1) is 6.92 Å². The van der Waals surface area contributed by atoms with Crippen LogP contribution in [0.4, 0.5) is 0 Å². The van der Waals surface area contributed by atoms with E-state index in [1.165, 1.54) is 17.3 Å². The lowest BCUT2D eigenvalue weighted by Gasteiger charge is -2.07. The fourth-order valence-electron chi connectivity index (χ4n) is 2.70. The molecule has 5 nitrogen and oxygen atoms in total. The van der Waals surface area contributed by atoms with E-state index in [0.717, 1.165) is 33.9 Å². The third-order valence-electron chi connectivity index (χ3n) is 4.47. The Hall–Kier alpha value is -3.25. The summed E-state index contributed by atoms with van der Waals surface area (Å²) in [6, 6.07) is 23.7. The third kappa shape index (κ3) is 7.83. The van der Waals surface area contributed by atoms with Crippen LogP contribution in [0.25, 0.3) is 0 Å². The minimum Gasteiger partial charge on any atom is -0.497 e. The highest BCUT2D eigenvalue weighted by molar-refractivity contribution is 7.99. The van der Waals surface area contributed by atoms with Crippen molar-refractivity contribution in [2.45, 2.75) is 19.3 Å². The monoisotopic (exact) mass is 434 g/mol. The molecule has 0 saturated heterocycles. The summed E-state index contributed by atoms with van der Waals surface area (Å²) < 4.78 is 10.9. The zero-order valence-corrected chi connectivity index (χ0v) is 18.5. The topological polar surface area (TPSA) is 59.9 Å². The molecule has 3 aromatic carbocycles. The molecule has 0 saturated carbocycles. The first kappa shape index (κ1) is 22.4. The van der Waals surface area contributed by atoms with Crippen LogP contribution in [-0.4, -0.2) is 25.0 Å². The van der Waals surface area contributed by atoms with Crippen molar-refractivity contribution in [3.8, 4) is 11.5 Å². The molecule has 0 radical (unpaired) electrons. The molecule has 0 spiro atoms. The van der Waals surface area contributed by atoms with E-state index in [1.54, 1.807) is 13.3 Å². The average Bonchev–Trinajstić information content (AvgIpc) is 2.80. The number of rotatable bonds is 10. The van der Waals surface area contributed by atoms with Crippen LogP contribution in [-0.2, 0) is 17.2 Å². The number of hydrogen-bond acceptors (Lipinski definition) is 5. The molecule has 31 heavy (non-hydrogen) atoms. The second kappa shape index (κ2) is 11.8. The summed E-state index contributed by atoms with van der Waals surface area (Å²) >= 11 is 1.54. The van der Waals surface area contributed by atoms with E-state index >= 15 is 0 Å². The predicted molar refractivity (Wildman–Crippen MR) is 127 cm³/mol. The molecule has 3 rings (SSSR count). The van der Waals surface area contributed by atoms with Gasteiger partial charge in [-0.05, 0) is 60.0 Å². The maximum absolute atomic E-state index is 11.9. The summed E-state index contributed by atoms with van der Waals surface area (Å²) in [6.07, 6.45) is 1.62. The Morgan fingerprint density at radius 3 is 2.26 bits per heavy atom. The third-order valence-corrected chi connectivity index (χ3v) is 5.47. The maximum Gasteiger partial charge on any atom is 0.250 e. The van der Waals surface area contributed by atoms with Gasteiger partial charge in [0, 0.05) is 5.75 Å². The molecule has 0 atom stereocenters. The molecule has 0 aliphatic carbocycles. The Morgan fingerprint density at radius 2 is 1.58 bits per heavy atom. The first-order chi connectivity index (χ1) is 15.1. The number of carbonyl (C=O) groups is 1. The Morgan fingerprint density at radius 1 is 0.935 bits per heavy atom. The quantitative estimate of drug-likeness (QED) is 0.362. The Kier molecular flexibility index (Phi) is 8.55. The van der Waals surface area contributed by atoms with E-state index in [-0.39, 0.29) is 5.91 Å². The number of hydrazone groups is 1. The Bertz CT molecular complexity index is 985. The number of aryl methyl sites for hydroxylation is 1. The molecule has 3 aromatic rings. The highest BCUT2D eigenvalue weighted by Gasteiger charge is 2.01. The highest BCUT2D eigenvalue weighted by atomic mass is 32.2. The number of carbonyl (C=O) groups excluding carboxylic acids is 1. The molecule has 6 heteroatoms. The van der Waals surface area contributed by atoms with Crippen LogP contribution >= 0.6 is 11.8 Å². The number of nitrogens with zero attached hydrogens (tertiary/aromatic N) is 1. The van der Waals surface area contributed by atoms with Crippen LogP contribution < -0.4 is 14.9 Å². The van der Waals surface area contributed by atoms with E-state index < -0.39 is 0 Å². The SMILES string of the molecule is COc1ccc(CSCC(=O)N/N=C\c2ccc(OCc3ccc(C)cc3)cc2)cc1. The molecule has 0 heterocycles. The zero-order chi connectivity index (χ0) is 21.9. The van der Waals surface area contributed by atoms with E-state index in [2.05, 4.69) is 41.7 Å². The lowest BCUT2D eigenvalue weighted by molar-refractivity contribution is -0.118. The van der Waals surface area contributed by atoms with Gasteiger partial charge in [0.25, 0.3) is 0 Å². The van der Waals surface area contributed by atoms with Crippen LogP contribution in [0.2, 0.25) is 0 Å². The van der Waals surface area contributed by atoms with Gasteiger partial charge < -0.3 is 9.47 Å². The van der Waals surface area contributed by atoms with Crippen molar-refractivity contribution < 1.29 is 14.3 Å². The summed E-state index contributed by atoms with van der Waals surface area (Å²) in [5, 5.41) is 4.03. The molecule has 1 N–H and O–H groups in total. The smallest absolute Gasteiger partial charge is 0.250 e. The average molecular weight is 435 g/mol. The normalized spacial score (nSPS) is 10.8. The van der Waals surface area contributed by atoms with Crippen molar-refractivity contribution in [3.63, 3.8) is 0 Å². The lowest BCUT2D eigenvalue weighted by atomic mass is 10.2. The van der Waals surface area contributed by atoms with Gasteiger partial charge in [-0.1, -0.05) is 42.0 Å². The molecule has 0 unspecified atom stereocenters. The van der Waals surface area contributed by atoms with Gasteiger partial charge in [-0.3, -0.25) is 4.79 Å². The first-order valence-electron chi connectivity index (χ1n) is 9.93. The molecule has 0 fully saturated rings. The molecule has 0 aliphatic rings. The van der Waals surface area contributed by atoms with Crippen molar-refractivity contribution in [2.75, 3.05) is 12.9 Å².